The lowest BCUT2D eigenvalue weighted by Gasteiger charge is -2.12. The van der Waals surface area contributed by atoms with Gasteiger partial charge in [-0.1, -0.05) is 38.1 Å². The van der Waals surface area contributed by atoms with E-state index in [1.165, 1.54) is 43.4 Å². The van der Waals surface area contributed by atoms with E-state index in [4.69, 9.17) is 0 Å². The quantitative estimate of drug-likeness (QED) is 0.756. The summed E-state index contributed by atoms with van der Waals surface area (Å²) in [7, 11) is 0. The predicted molar refractivity (Wildman–Crippen MR) is 74.3 cm³/mol. The molecule has 1 nitrogen and oxygen atoms in total. The van der Waals surface area contributed by atoms with E-state index < -0.39 is 0 Å². The van der Waals surface area contributed by atoms with Gasteiger partial charge in [-0.2, -0.15) is 0 Å². The van der Waals surface area contributed by atoms with Gasteiger partial charge >= 0.3 is 0 Å². The van der Waals surface area contributed by atoms with Gasteiger partial charge < -0.3 is 5.32 Å². The number of hydrogen-bond acceptors (Lipinski definition) is 1. The lowest BCUT2D eigenvalue weighted by atomic mass is 10.00. The summed E-state index contributed by atoms with van der Waals surface area (Å²) in [6.07, 6.45) is 6.45. The molecular formula is C16H25N. The van der Waals surface area contributed by atoms with E-state index >= 15 is 0 Å². The summed E-state index contributed by atoms with van der Waals surface area (Å²) in [5.74, 6) is 0.793. The fraction of sp³-hybridized carbons (Fsp3) is 0.625. The zero-order valence-corrected chi connectivity index (χ0v) is 11.2. The Morgan fingerprint density at radius 2 is 1.82 bits per heavy atom. The summed E-state index contributed by atoms with van der Waals surface area (Å²) < 4.78 is 0. The van der Waals surface area contributed by atoms with Crippen LogP contribution in [0.1, 0.15) is 44.2 Å². The molecule has 0 bridgehead atoms. The third-order valence-corrected chi connectivity index (χ3v) is 3.69. The van der Waals surface area contributed by atoms with Gasteiger partial charge in [-0.25, -0.2) is 0 Å². The molecular weight excluding hydrogens is 206 g/mol. The van der Waals surface area contributed by atoms with E-state index in [1.807, 2.05) is 0 Å². The number of hydrogen-bond donors (Lipinski definition) is 1. The fourth-order valence-corrected chi connectivity index (χ4v) is 2.11. The molecule has 1 aliphatic rings. The highest BCUT2D eigenvalue weighted by molar-refractivity contribution is 5.22. The van der Waals surface area contributed by atoms with Crippen LogP contribution < -0.4 is 5.32 Å². The van der Waals surface area contributed by atoms with Crippen molar-refractivity contribution < 1.29 is 0 Å². The minimum Gasteiger partial charge on any atom is -0.314 e. The molecule has 17 heavy (non-hydrogen) atoms. The zero-order valence-electron chi connectivity index (χ0n) is 11.2. The SMILES string of the molecule is CCc1ccc(CCC(C)CNC2CC2)cc1. The Balaban J connectivity index is 1.68. The van der Waals surface area contributed by atoms with E-state index in [0.717, 1.165) is 18.4 Å². The fourth-order valence-electron chi connectivity index (χ4n) is 2.11. The molecule has 0 amide bonds. The van der Waals surface area contributed by atoms with Crippen LogP contribution in [0.3, 0.4) is 0 Å². The molecule has 1 N–H and O–H groups in total. The van der Waals surface area contributed by atoms with Crippen LogP contribution in [0, 0.1) is 5.92 Å². The number of benzene rings is 1. The highest BCUT2D eigenvalue weighted by Gasteiger charge is 2.20. The van der Waals surface area contributed by atoms with Crippen molar-refractivity contribution in [3.63, 3.8) is 0 Å². The largest absolute Gasteiger partial charge is 0.314 e. The lowest BCUT2D eigenvalue weighted by molar-refractivity contribution is 0.480. The second-order valence-corrected chi connectivity index (χ2v) is 5.50. The van der Waals surface area contributed by atoms with Crippen molar-refractivity contribution in [1.82, 2.24) is 5.32 Å². The molecule has 1 saturated carbocycles. The van der Waals surface area contributed by atoms with Crippen molar-refractivity contribution in [2.45, 2.75) is 52.0 Å². The van der Waals surface area contributed by atoms with Crippen molar-refractivity contribution in [2.24, 2.45) is 5.92 Å². The molecule has 0 aliphatic heterocycles. The Labute approximate surface area is 106 Å². The second kappa shape index (κ2) is 6.20. The smallest absolute Gasteiger partial charge is 0.00683 e. The summed E-state index contributed by atoms with van der Waals surface area (Å²) >= 11 is 0. The molecule has 0 saturated heterocycles. The van der Waals surface area contributed by atoms with E-state index in [-0.39, 0.29) is 0 Å². The van der Waals surface area contributed by atoms with Crippen molar-refractivity contribution in [3.05, 3.63) is 35.4 Å². The van der Waals surface area contributed by atoms with E-state index in [2.05, 4.69) is 43.4 Å². The van der Waals surface area contributed by atoms with E-state index in [9.17, 15) is 0 Å². The van der Waals surface area contributed by atoms with Crippen LogP contribution in [-0.2, 0) is 12.8 Å². The number of aryl methyl sites for hydroxylation is 2. The van der Waals surface area contributed by atoms with Crippen LogP contribution in [0.2, 0.25) is 0 Å². The molecule has 0 aromatic heterocycles. The number of rotatable bonds is 7. The van der Waals surface area contributed by atoms with Crippen LogP contribution in [0.15, 0.2) is 24.3 Å². The summed E-state index contributed by atoms with van der Waals surface area (Å²) in [6.45, 7) is 5.76. The molecule has 1 aromatic carbocycles. The third kappa shape index (κ3) is 4.51. The number of nitrogens with one attached hydrogen (secondary N) is 1. The molecule has 1 atom stereocenters. The van der Waals surface area contributed by atoms with Gasteiger partial charge in [0, 0.05) is 6.04 Å². The lowest BCUT2D eigenvalue weighted by Crippen LogP contribution is -2.23. The van der Waals surface area contributed by atoms with Gasteiger partial charge in [0.1, 0.15) is 0 Å². The van der Waals surface area contributed by atoms with Crippen LogP contribution in [0.25, 0.3) is 0 Å². The molecule has 0 heterocycles. The average molecular weight is 231 g/mol. The highest BCUT2D eigenvalue weighted by Crippen LogP contribution is 2.19. The van der Waals surface area contributed by atoms with Gasteiger partial charge in [-0.3, -0.25) is 0 Å². The van der Waals surface area contributed by atoms with Gasteiger partial charge in [0.2, 0.25) is 0 Å². The summed E-state index contributed by atoms with van der Waals surface area (Å²) in [4.78, 5) is 0. The molecule has 94 valence electrons. The third-order valence-electron chi connectivity index (χ3n) is 3.69. The normalized spacial score (nSPS) is 17.1. The minimum absolute atomic E-state index is 0.793. The molecule has 0 spiro atoms. The maximum atomic E-state index is 3.61. The maximum absolute atomic E-state index is 3.61. The van der Waals surface area contributed by atoms with Crippen LogP contribution in [0.4, 0.5) is 0 Å². The molecule has 2 rings (SSSR count). The predicted octanol–water partition coefficient (Wildman–Crippen LogP) is 3.57. The topological polar surface area (TPSA) is 12.0 Å². The summed E-state index contributed by atoms with van der Waals surface area (Å²) in [5.41, 5.74) is 2.93. The van der Waals surface area contributed by atoms with Gasteiger partial charge in [0.05, 0.1) is 0 Å². The first-order valence-corrected chi connectivity index (χ1v) is 7.09. The Morgan fingerprint density at radius 1 is 1.18 bits per heavy atom. The van der Waals surface area contributed by atoms with E-state index in [0.29, 0.717) is 0 Å². The van der Waals surface area contributed by atoms with Crippen molar-refractivity contribution in [3.8, 4) is 0 Å². The van der Waals surface area contributed by atoms with E-state index in [1.54, 1.807) is 0 Å². The van der Waals surface area contributed by atoms with Crippen LogP contribution in [-0.4, -0.2) is 12.6 Å². The monoisotopic (exact) mass is 231 g/mol. The Morgan fingerprint density at radius 3 is 2.41 bits per heavy atom. The van der Waals surface area contributed by atoms with Gasteiger partial charge in [-0.15, -0.1) is 0 Å². The zero-order chi connectivity index (χ0) is 12.1. The Hall–Kier alpha value is -0.820. The van der Waals surface area contributed by atoms with Crippen LogP contribution in [0.5, 0.6) is 0 Å². The maximum Gasteiger partial charge on any atom is 0.00683 e. The second-order valence-electron chi connectivity index (χ2n) is 5.50. The first-order chi connectivity index (χ1) is 8.28. The van der Waals surface area contributed by atoms with Crippen molar-refractivity contribution >= 4 is 0 Å². The molecule has 1 aromatic rings. The first-order valence-electron chi connectivity index (χ1n) is 7.09. The van der Waals surface area contributed by atoms with Gasteiger partial charge in [0.15, 0.2) is 0 Å². The molecule has 1 fully saturated rings. The summed E-state index contributed by atoms with van der Waals surface area (Å²) in [5, 5.41) is 3.61. The highest BCUT2D eigenvalue weighted by atomic mass is 14.9. The summed E-state index contributed by atoms with van der Waals surface area (Å²) in [6, 6.07) is 9.96. The molecule has 1 unspecified atom stereocenters. The molecule has 1 heteroatoms. The Kier molecular flexibility index (Phi) is 4.61. The molecule has 1 aliphatic carbocycles. The average Bonchev–Trinajstić information content (AvgIpc) is 3.18. The standard InChI is InChI=1S/C16H25N/c1-3-14-6-8-15(9-7-14)5-4-13(2)12-17-16-10-11-16/h6-9,13,16-17H,3-5,10-12H2,1-2H3. The van der Waals surface area contributed by atoms with Crippen molar-refractivity contribution in [1.29, 1.82) is 0 Å². The molecule has 0 radical (unpaired) electrons. The Bertz CT molecular complexity index is 324. The van der Waals surface area contributed by atoms with Gasteiger partial charge in [0.25, 0.3) is 0 Å². The first kappa shape index (κ1) is 12.6. The minimum atomic E-state index is 0.793. The van der Waals surface area contributed by atoms with Gasteiger partial charge in [-0.05, 0) is 55.7 Å². The van der Waals surface area contributed by atoms with Crippen LogP contribution >= 0.6 is 0 Å². The van der Waals surface area contributed by atoms with Crippen molar-refractivity contribution in [2.75, 3.05) is 6.54 Å².